The molecule has 104 valence electrons. The van der Waals surface area contributed by atoms with E-state index in [1.807, 2.05) is 28.8 Å². The van der Waals surface area contributed by atoms with Crippen molar-refractivity contribution in [2.75, 3.05) is 12.8 Å². The van der Waals surface area contributed by atoms with Gasteiger partial charge < -0.3 is 15.0 Å². The van der Waals surface area contributed by atoms with E-state index in [1.165, 1.54) is 0 Å². The highest BCUT2D eigenvalue weighted by atomic mass is 16.5. The minimum Gasteiger partial charge on any atom is -0.497 e. The Morgan fingerprint density at radius 1 is 1.35 bits per heavy atom. The SMILES string of the molecule is C#CCn1c(C(C)C)nc(-c2ccc(OC)cc2)c1N. The molecule has 2 N–H and O–H groups in total. The average molecular weight is 269 g/mol. The van der Waals surface area contributed by atoms with E-state index in [0.29, 0.717) is 12.4 Å². The number of ether oxygens (including phenoxy) is 1. The van der Waals surface area contributed by atoms with Crippen molar-refractivity contribution in [1.29, 1.82) is 0 Å². The molecule has 1 aromatic heterocycles. The molecular weight excluding hydrogens is 250 g/mol. The zero-order valence-corrected chi connectivity index (χ0v) is 12.1. The smallest absolute Gasteiger partial charge is 0.132 e. The molecule has 2 rings (SSSR count). The van der Waals surface area contributed by atoms with E-state index in [9.17, 15) is 0 Å². The van der Waals surface area contributed by atoms with Crippen LogP contribution >= 0.6 is 0 Å². The number of anilines is 1. The zero-order valence-electron chi connectivity index (χ0n) is 12.1. The Bertz CT molecular complexity index is 633. The lowest BCUT2D eigenvalue weighted by Crippen LogP contribution is -2.07. The maximum Gasteiger partial charge on any atom is 0.132 e. The molecule has 0 fully saturated rings. The van der Waals surface area contributed by atoms with Crippen LogP contribution in [0.3, 0.4) is 0 Å². The van der Waals surface area contributed by atoms with Crippen LogP contribution < -0.4 is 10.5 Å². The molecule has 0 amide bonds. The molecule has 0 aliphatic carbocycles. The number of terminal acetylenes is 1. The summed E-state index contributed by atoms with van der Waals surface area (Å²) in [5.74, 6) is 5.21. The van der Waals surface area contributed by atoms with Crippen molar-refractivity contribution in [2.24, 2.45) is 0 Å². The van der Waals surface area contributed by atoms with Crippen LogP contribution in [0.5, 0.6) is 5.75 Å². The molecule has 0 atom stereocenters. The average Bonchev–Trinajstić information content (AvgIpc) is 2.77. The van der Waals surface area contributed by atoms with Gasteiger partial charge in [0.1, 0.15) is 23.1 Å². The third kappa shape index (κ3) is 2.48. The molecule has 0 saturated heterocycles. The van der Waals surface area contributed by atoms with Crippen molar-refractivity contribution >= 4 is 5.82 Å². The van der Waals surface area contributed by atoms with Crippen LogP contribution in [0, 0.1) is 12.3 Å². The topological polar surface area (TPSA) is 53.1 Å². The predicted octanol–water partition coefficient (Wildman–Crippen LogP) is 2.90. The summed E-state index contributed by atoms with van der Waals surface area (Å²) in [6.07, 6.45) is 5.41. The van der Waals surface area contributed by atoms with E-state index < -0.39 is 0 Å². The second kappa shape index (κ2) is 5.70. The number of aromatic nitrogens is 2. The van der Waals surface area contributed by atoms with Crippen LogP contribution in [0.1, 0.15) is 25.6 Å². The number of nitrogen functional groups attached to an aromatic ring is 1. The number of methoxy groups -OCH3 is 1. The standard InChI is InChI=1S/C16H19N3O/c1-5-10-19-15(17)14(18-16(19)11(2)3)12-6-8-13(20-4)9-7-12/h1,6-9,11H,10,17H2,2-4H3. The Labute approximate surface area is 119 Å². The summed E-state index contributed by atoms with van der Waals surface area (Å²) >= 11 is 0. The molecule has 0 aliphatic heterocycles. The molecular formula is C16H19N3O. The largest absolute Gasteiger partial charge is 0.497 e. The van der Waals surface area contributed by atoms with Crippen molar-refractivity contribution in [3.05, 3.63) is 30.1 Å². The molecule has 20 heavy (non-hydrogen) atoms. The molecule has 0 unspecified atom stereocenters. The number of nitrogens with zero attached hydrogens (tertiary/aromatic N) is 2. The maximum absolute atomic E-state index is 6.20. The van der Waals surface area contributed by atoms with E-state index in [1.54, 1.807) is 7.11 Å². The molecule has 4 nitrogen and oxygen atoms in total. The van der Waals surface area contributed by atoms with E-state index in [0.717, 1.165) is 22.8 Å². The maximum atomic E-state index is 6.20. The normalized spacial score (nSPS) is 10.6. The van der Waals surface area contributed by atoms with E-state index >= 15 is 0 Å². The number of imidazole rings is 1. The molecule has 0 spiro atoms. The number of rotatable bonds is 4. The summed E-state index contributed by atoms with van der Waals surface area (Å²) in [5.41, 5.74) is 7.93. The third-order valence-corrected chi connectivity index (χ3v) is 3.17. The van der Waals surface area contributed by atoms with Gasteiger partial charge in [-0.2, -0.15) is 0 Å². The summed E-state index contributed by atoms with van der Waals surface area (Å²) in [6, 6.07) is 7.68. The Balaban J connectivity index is 2.51. The highest BCUT2D eigenvalue weighted by Crippen LogP contribution is 2.30. The van der Waals surface area contributed by atoms with E-state index in [-0.39, 0.29) is 5.92 Å². The highest BCUT2D eigenvalue weighted by molar-refractivity contribution is 5.71. The molecule has 2 aromatic rings. The van der Waals surface area contributed by atoms with Crippen molar-refractivity contribution in [3.8, 4) is 29.4 Å². The van der Waals surface area contributed by atoms with E-state index in [2.05, 4.69) is 24.8 Å². The predicted molar refractivity (Wildman–Crippen MR) is 81.5 cm³/mol. The second-order valence-electron chi connectivity index (χ2n) is 4.88. The van der Waals surface area contributed by atoms with Crippen LogP contribution in [0.4, 0.5) is 5.82 Å². The molecule has 0 aliphatic rings. The Morgan fingerprint density at radius 2 is 2.00 bits per heavy atom. The van der Waals surface area contributed by atoms with Gasteiger partial charge in [0.25, 0.3) is 0 Å². The second-order valence-corrected chi connectivity index (χ2v) is 4.88. The monoisotopic (exact) mass is 269 g/mol. The summed E-state index contributed by atoms with van der Waals surface area (Å²) in [7, 11) is 1.64. The summed E-state index contributed by atoms with van der Waals surface area (Å²) in [4.78, 5) is 4.66. The van der Waals surface area contributed by atoms with Crippen molar-refractivity contribution < 1.29 is 4.74 Å². The van der Waals surface area contributed by atoms with Gasteiger partial charge in [0.05, 0.1) is 13.7 Å². The van der Waals surface area contributed by atoms with Crippen molar-refractivity contribution in [3.63, 3.8) is 0 Å². The van der Waals surface area contributed by atoms with Gasteiger partial charge >= 0.3 is 0 Å². The molecule has 4 heteroatoms. The fraction of sp³-hybridized carbons (Fsp3) is 0.312. The molecule has 0 saturated carbocycles. The van der Waals surface area contributed by atoms with Crippen molar-refractivity contribution in [2.45, 2.75) is 26.3 Å². The van der Waals surface area contributed by atoms with Crippen LogP contribution in [-0.2, 0) is 6.54 Å². The number of benzene rings is 1. The van der Waals surface area contributed by atoms with Crippen LogP contribution in [-0.4, -0.2) is 16.7 Å². The van der Waals surface area contributed by atoms with Gasteiger partial charge in [0, 0.05) is 11.5 Å². The summed E-state index contributed by atoms with van der Waals surface area (Å²) in [5, 5.41) is 0. The number of hydrogen-bond acceptors (Lipinski definition) is 3. The van der Waals surface area contributed by atoms with Gasteiger partial charge in [-0.1, -0.05) is 19.8 Å². The Morgan fingerprint density at radius 3 is 2.50 bits per heavy atom. The first kappa shape index (κ1) is 14.0. The van der Waals surface area contributed by atoms with Crippen LogP contribution in [0.15, 0.2) is 24.3 Å². The lowest BCUT2D eigenvalue weighted by Gasteiger charge is -2.08. The number of hydrogen-bond donors (Lipinski definition) is 1. The van der Waals surface area contributed by atoms with Gasteiger partial charge in [-0.25, -0.2) is 4.98 Å². The van der Waals surface area contributed by atoms with Gasteiger partial charge in [-0.05, 0) is 24.3 Å². The Kier molecular flexibility index (Phi) is 3.99. The first-order chi connectivity index (χ1) is 9.58. The lowest BCUT2D eigenvalue weighted by atomic mass is 10.1. The minimum atomic E-state index is 0.262. The van der Waals surface area contributed by atoms with E-state index in [4.69, 9.17) is 16.9 Å². The molecule has 1 heterocycles. The molecule has 0 bridgehead atoms. The molecule has 0 radical (unpaired) electrons. The van der Waals surface area contributed by atoms with Gasteiger partial charge in [-0.15, -0.1) is 6.42 Å². The van der Waals surface area contributed by atoms with Gasteiger partial charge in [-0.3, -0.25) is 0 Å². The first-order valence-corrected chi connectivity index (χ1v) is 6.52. The lowest BCUT2D eigenvalue weighted by molar-refractivity contribution is 0.415. The zero-order chi connectivity index (χ0) is 14.7. The summed E-state index contributed by atoms with van der Waals surface area (Å²) < 4.78 is 7.05. The van der Waals surface area contributed by atoms with Crippen molar-refractivity contribution in [1.82, 2.24) is 9.55 Å². The van der Waals surface area contributed by atoms with Gasteiger partial charge in [0.2, 0.25) is 0 Å². The fourth-order valence-electron chi connectivity index (χ4n) is 2.14. The Hall–Kier alpha value is -2.41. The first-order valence-electron chi connectivity index (χ1n) is 6.52. The number of nitrogens with two attached hydrogens (primary N) is 1. The van der Waals surface area contributed by atoms with Crippen LogP contribution in [0.25, 0.3) is 11.3 Å². The molecule has 1 aromatic carbocycles. The van der Waals surface area contributed by atoms with Gasteiger partial charge in [0.15, 0.2) is 0 Å². The van der Waals surface area contributed by atoms with Crippen LogP contribution in [0.2, 0.25) is 0 Å². The third-order valence-electron chi connectivity index (χ3n) is 3.17. The minimum absolute atomic E-state index is 0.262. The summed E-state index contributed by atoms with van der Waals surface area (Å²) in [6.45, 7) is 4.59. The quantitative estimate of drug-likeness (QED) is 0.868. The highest BCUT2D eigenvalue weighted by Gasteiger charge is 2.17. The fourth-order valence-corrected chi connectivity index (χ4v) is 2.14.